The largest absolute Gasteiger partial charge is 0.490 e. The van der Waals surface area contributed by atoms with Crippen LogP contribution in [0.1, 0.15) is 34.3 Å². The van der Waals surface area contributed by atoms with Crippen molar-refractivity contribution in [1.29, 1.82) is 0 Å². The summed E-state index contributed by atoms with van der Waals surface area (Å²) in [6.45, 7) is 5.47. The Bertz CT molecular complexity index is 1030. The number of hydrogen-bond acceptors (Lipinski definition) is 3. The van der Waals surface area contributed by atoms with E-state index >= 15 is 0 Å². The summed E-state index contributed by atoms with van der Waals surface area (Å²) in [6.07, 6.45) is 1.76. The first kappa shape index (κ1) is 18.8. The molecule has 1 aliphatic rings. The molecule has 3 aromatic rings. The van der Waals surface area contributed by atoms with Gasteiger partial charge in [0.15, 0.2) is 0 Å². The Morgan fingerprint density at radius 2 is 1.86 bits per heavy atom. The van der Waals surface area contributed by atoms with E-state index < -0.39 is 0 Å². The summed E-state index contributed by atoms with van der Waals surface area (Å²) in [4.78, 5) is 19.3. The molecule has 1 amide bonds. The zero-order valence-corrected chi connectivity index (χ0v) is 16.9. The van der Waals surface area contributed by atoms with Gasteiger partial charge in [-0.05, 0) is 43.2 Å². The number of fused-ring (bicyclic) bond motifs is 1. The lowest BCUT2D eigenvalue weighted by Crippen LogP contribution is -2.42. The van der Waals surface area contributed by atoms with E-state index in [0.717, 1.165) is 35.1 Å². The minimum Gasteiger partial charge on any atom is -0.490 e. The van der Waals surface area contributed by atoms with Crippen LogP contribution in [0.5, 0.6) is 5.75 Å². The van der Waals surface area contributed by atoms with Gasteiger partial charge in [-0.2, -0.15) is 0 Å². The zero-order valence-electron chi connectivity index (χ0n) is 16.1. The second kappa shape index (κ2) is 7.80. The lowest BCUT2D eigenvalue weighted by Gasteiger charge is -2.32. The summed E-state index contributed by atoms with van der Waals surface area (Å²) in [7, 11) is 0. The molecule has 0 spiro atoms. The molecular formula is C23H23ClN2O2. The first-order valence-corrected chi connectivity index (χ1v) is 9.97. The third-order valence-electron chi connectivity index (χ3n) is 5.28. The molecule has 4 nitrogen and oxygen atoms in total. The summed E-state index contributed by atoms with van der Waals surface area (Å²) in [5.74, 6) is 0.947. The van der Waals surface area contributed by atoms with Crippen molar-refractivity contribution in [2.75, 3.05) is 13.1 Å². The third-order valence-corrected chi connectivity index (χ3v) is 5.48. The van der Waals surface area contributed by atoms with E-state index in [1.807, 2.05) is 29.2 Å². The maximum absolute atomic E-state index is 13.1. The van der Waals surface area contributed by atoms with Gasteiger partial charge in [0.25, 0.3) is 5.91 Å². The number of aromatic nitrogens is 1. The van der Waals surface area contributed by atoms with Crippen LogP contribution < -0.4 is 4.74 Å². The Hall–Kier alpha value is -2.59. The molecule has 1 aromatic heterocycles. The van der Waals surface area contributed by atoms with Gasteiger partial charge in [-0.3, -0.25) is 4.79 Å². The maximum Gasteiger partial charge on any atom is 0.254 e. The van der Waals surface area contributed by atoms with E-state index in [2.05, 4.69) is 37.0 Å². The van der Waals surface area contributed by atoms with Crippen molar-refractivity contribution in [3.8, 4) is 5.75 Å². The van der Waals surface area contributed by atoms with Crippen LogP contribution in [0, 0.1) is 13.8 Å². The standard InChI is InChI=1S/C23H23ClN2O2/c1-15-7-8-16(2)21(13-15)28-17-9-11-26(12-10-17)23(27)19-14-22(24)25-20-6-4-3-5-18(19)20/h3-8,13-14,17H,9-12H2,1-2H3. The summed E-state index contributed by atoms with van der Waals surface area (Å²) < 4.78 is 6.22. The normalized spacial score (nSPS) is 15.0. The Morgan fingerprint density at radius 1 is 1.11 bits per heavy atom. The van der Waals surface area contributed by atoms with E-state index in [1.165, 1.54) is 5.56 Å². The molecular weight excluding hydrogens is 372 g/mol. The summed E-state index contributed by atoms with van der Waals surface area (Å²) in [5, 5.41) is 1.18. The Morgan fingerprint density at radius 3 is 2.64 bits per heavy atom. The van der Waals surface area contributed by atoms with Gasteiger partial charge in [0.05, 0.1) is 11.1 Å². The number of rotatable bonds is 3. The van der Waals surface area contributed by atoms with Gasteiger partial charge in [0.2, 0.25) is 0 Å². The van der Waals surface area contributed by atoms with Crippen LogP contribution in [0.3, 0.4) is 0 Å². The predicted octanol–water partition coefficient (Wildman–Crippen LogP) is 5.19. The van der Waals surface area contributed by atoms with Gasteiger partial charge in [-0.15, -0.1) is 0 Å². The van der Waals surface area contributed by atoms with E-state index in [-0.39, 0.29) is 12.0 Å². The van der Waals surface area contributed by atoms with Crippen LogP contribution in [0.25, 0.3) is 10.9 Å². The number of benzene rings is 2. The van der Waals surface area contributed by atoms with Gasteiger partial charge >= 0.3 is 0 Å². The second-order valence-electron chi connectivity index (χ2n) is 7.39. The maximum atomic E-state index is 13.1. The average molecular weight is 395 g/mol. The van der Waals surface area contributed by atoms with Crippen LogP contribution in [-0.4, -0.2) is 35.0 Å². The van der Waals surface area contributed by atoms with Crippen LogP contribution in [0.4, 0.5) is 0 Å². The molecule has 0 N–H and O–H groups in total. The SMILES string of the molecule is Cc1ccc(C)c(OC2CCN(C(=O)c3cc(Cl)nc4ccccc34)CC2)c1. The minimum absolute atomic E-state index is 0.00526. The molecule has 144 valence electrons. The molecule has 0 atom stereocenters. The van der Waals surface area contributed by atoms with Gasteiger partial charge in [-0.25, -0.2) is 4.98 Å². The first-order chi connectivity index (χ1) is 13.5. The minimum atomic E-state index is 0.00526. The highest BCUT2D eigenvalue weighted by Crippen LogP contribution is 2.26. The van der Waals surface area contributed by atoms with Crippen molar-refractivity contribution in [2.45, 2.75) is 32.8 Å². The summed E-state index contributed by atoms with van der Waals surface area (Å²) >= 11 is 6.15. The van der Waals surface area contributed by atoms with Crippen LogP contribution in [-0.2, 0) is 0 Å². The average Bonchev–Trinajstić information content (AvgIpc) is 2.70. The van der Waals surface area contributed by atoms with E-state index in [1.54, 1.807) is 6.07 Å². The lowest BCUT2D eigenvalue weighted by molar-refractivity contribution is 0.0596. The molecule has 1 aliphatic heterocycles. The summed E-state index contributed by atoms with van der Waals surface area (Å²) in [5.41, 5.74) is 3.69. The highest BCUT2D eigenvalue weighted by Gasteiger charge is 2.26. The second-order valence-corrected chi connectivity index (χ2v) is 7.78. The van der Waals surface area contributed by atoms with Crippen molar-refractivity contribution in [1.82, 2.24) is 9.88 Å². The number of piperidine rings is 1. The Kier molecular flexibility index (Phi) is 5.23. The quantitative estimate of drug-likeness (QED) is 0.574. The number of pyridine rings is 1. The van der Waals surface area contributed by atoms with Gasteiger partial charge in [0, 0.05) is 31.3 Å². The zero-order chi connectivity index (χ0) is 19.7. The third kappa shape index (κ3) is 3.83. The molecule has 2 heterocycles. The number of carbonyl (C=O) groups excluding carboxylic acids is 1. The molecule has 2 aromatic carbocycles. The number of nitrogens with zero attached hydrogens (tertiary/aromatic N) is 2. The monoisotopic (exact) mass is 394 g/mol. The number of amides is 1. The molecule has 0 saturated carbocycles. The van der Waals surface area contributed by atoms with Gasteiger partial charge in [0.1, 0.15) is 17.0 Å². The smallest absolute Gasteiger partial charge is 0.254 e. The number of halogens is 1. The molecule has 0 unspecified atom stereocenters. The molecule has 0 radical (unpaired) electrons. The molecule has 0 bridgehead atoms. The fraction of sp³-hybridized carbons (Fsp3) is 0.304. The predicted molar refractivity (Wildman–Crippen MR) is 112 cm³/mol. The van der Waals surface area contributed by atoms with Crippen molar-refractivity contribution in [2.24, 2.45) is 0 Å². The number of hydrogen-bond donors (Lipinski definition) is 0. The number of para-hydroxylation sites is 1. The van der Waals surface area contributed by atoms with Gasteiger partial charge in [-0.1, -0.05) is 41.9 Å². The van der Waals surface area contributed by atoms with Crippen LogP contribution in [0.2, 0.25) is 5.15 Å². The Labute approximate surface area is 170 Å². The lowest BCUT2D eigenvalue weighted by atomic mass is 10.0. The number of likely N-dealkylation sites (tertiary alicyclic amines) is 1. The van der Waals surface area contributed by atoms with E-state index in [4.69, 9.17) is 16.3 Å². The number of aryl methyl sites for hydroxylation is 2. The fourth-order valence-electron chi connectivity index (χ4n) is 3.68. The highest BCUT2D eigenvalue weighted by atomic mass is 35.5. The van der Waals surface area contributed by atoms with Crippen molar-refractivity contribution in [3.63, 3.8) is 0 Å². The van der Waals surface area contributed by atoms with Gasteiger partial charge < -0.3 is 9.64 Å². The van der Waals surface area contributed by atoms with Crippen molar-refractivity contribution in [3.05, 3.63) is 70.4 Å². The fourth-order valence-corrected chi connectivity index (χ4v) is 3.88. The van der Waals surface area contributed by atoms with E-state index in [0.29, 0.717) is 23.8 Å². The number of carbonyl (C=O) groups is 1. The first-order valence-electron chi connectivity index (χ1n) is 9.60. The van der Waals surface area contributed by atoms with E-state index in [9.17, 15) is 4.79 Å². The topological polar surface area (TPSA) is 42.4 Å². The molecule has 28 heavy (non-hydrogen) atoms. The molecule has 5 heteroatoms. The molecule has 1 fully saturated rings. The molecule has 1 saturated heterocycles. The van der Waals surface area contributed by atoms with Crippen LogP contribution in [0.15, 0.2) is 48.5 Å². The summed E-state index contributed by atoms with van der Waals surface area (Å²) in [6, 6.07) is 15.5. The molecule has 0 aliphatic carbocycles. The van der Waals surface area contributed by atoms with Crippen molar-refractivity contribution < 1.29 is 9.53 Å². The highest BCUT2D eigenvalue weighted by molar-refractivity contribution is 6.30. The number of ether oxygens (including phenoxy) is 1. The molecule has 4 rings (SSSR count). The Balaban J connectivity index is 1.47. The van der Waals surface area contributed by atoms with Crippen LogP contribution >= 0.6 is 11.6 Å². The van der Waals surface area contributed by atoms with Crippen molar-refractivity contribution >= 4 is 28.4 Å².